The Balaban J connectivity index is 1.87. The third-order valence-electron chi connectivity index (χ3n) is 4.25. The fourth-order valence-corrected chi connectivity index (χ4v) is 3.81. The van der Waals surface area contributed by atoms with Crippen LogP contribution in [0.15, 0.2) is 58.4 Å². The van der Waals surface area contributed by atoms with Crippen molar-refractivity contribution in [1.29, 1.82) is 0 Å². The second kappa shape index (κ2) is 9.77. The first-order chi connectivity index (χ1) is 14.4. The van der Waals surface area contributed by atoms with E-state index in [9.17, 15) is 14.0 Å². The van der Waals surface area contributed by atoms with Crippen LogP contribution in [0.3, 0.4) is 0 Å². The summed E-state index contributed by atoms with van der Waals surface area (Å²) in [5.74, 6) is -0.804. The number of carbonyl (C=O) groups is 2. The number of amides is 1. The predicted octanol–water partition coefficient (Wildman–Crippen LogP) is 4.35. The zero-order valence-electron chi connectivity index (χ0n) is 16.2. The molecular formula is C21H18ClFN2O4S. The summed E-state index contributed by atoms with van der Waals surface area (Å²) in [5, 5.41) is 0.299. The first kappa shape index (κ1) is 21.9. The van der Waals surface area contributed by atoms with Crippen LogP contribution < -0.4 is 4.74 Å². The van der Waals surface area contributed by atoms with Crippen LogP contribution in [-0.4, -0.2) is 42.7 Å². The molecule has 0 atom stereocenters. The Morgan fingerprint density at radius 2 is 1.97 bits per heavy atom. The zero-order chi connectivity index (χ0) is 21.7. The van der Waals surface area contributed by atoms with Gasteiger partial charge in [0, 0.05) is 12.6 Å². The molecule has 0 unspecified atom stereocenters. The summed E-state index contributed by atoms with van der Waals surface area (Å²) < 4.78 is 23.2. The first-order valence-electron chi connectivity index (χ1n) is 8.87. The zero-order valence-corrected chi connectivity index (χ0v) is 17.8. The van der Waals surface area contributed by atoms with E-state index in [-0.39, 0.29) is 15.8 Å². The van der Waals surface area contributed by atoms with Gasteiger partial charge in [0.25, 0.3) is 5.91 Å². The highest BCUT2D eigenvalue weighted by Crippen LogP contribution is 2.33. The number of esters is 1. The molecule has 2 aromatic rings. The van der Waals surface area contributed by atoms with Crippen molar-refractivity contribution < 1.29 is 23.5 Å². The minimum absolute atomic E-state index is 0.0683. The molecule has 156 valence electrons. The predicted molar refractivity (Wildman–Crippen MR) is 115 cm³/mol. The fraction of sp³-hybridized carbons (Fsp3) is 0.190. The van der Waals surface area contributed by atoms with E-state index in [4.69, 9.17) is 16.3 Å². The molecule has 0 aromatic heterocycles. The van der Waals surface area contributed by atoms with Crippen molar-refractivity contribution in [2.24, 2.45) is 4.99 Å². The van der Waals surface area contributed by atoms with Crippen molar-refractivity contribution in [2.45, 2.75) is 6.42 Å². The molecule has 9 heteroatoms. The van der Waals surface area contributed by atoms with Crippen LogP contribution in [0, 0.1) is 5.82 Å². The molecule has 6 nitrogen and oxygen atoms in total. The quantitative estimate of drug-likeness (QED) is 0.485. The van der Waals surface area contributed by atoms with Crippen molar-refractivity contribution in [3.05, 3.63) is 69.8 Å². The lowest BCUT2D eigenvalue weighted by atomic mass is 10.1. The maximum absolute atomic E-state index is 13.4. The number of ether oxygens (including phenoxy) is 2. The third kappa shape index (κ3) is 5.20. The van der Waals surface area contributed by atoms with Crippen LogP contribution >= 0.6 is 23.4 Å². The summed E-state index contributed by atoms with van der Waals surface area (Å²) in [6.07, 6.45) is 1.69. The van der Waals surface area contributed by atoms with E-state index < -0.39 is 11.8 Å². The average Bonchev–Trinajstić information content (AvgIpc) is 3.03. The number of aliphatic imine (C=N–C) groups is 1. The molecule has 1 amide bonds. The van der Waals surface area contributed by atoms with E-state index in [1.54, 1.807) is 7.11 Å². The monoisotopic (exact) mass is 448 g/mol. The number of benzene rings is 2. The highest BCUT2D eigenvalue weighted by molar-refractivity contribution is 8.18. The average molecular weight is 449 g/mol. The van der Waals surface area contributed by atoms with Gasteiger partial charge in [0.15, 0.2) is 5.17 Å². The maximum Gasteiger partial charge on any atom is 0.331 e. The molecule has 0 spiro atoms. The molecule has 0 bridgehead atoms. The molecule has 1 saturated heterocycles. The molecule has 0 radical (unpaired) electrons. The van der Waals surface area contributed by atoms with Crippen LogP contribution in [-0.2, 0) is 20.7 Å². The second-order valence-electron chi connectivity index (χ2n) is 6.18. The number of amidine groups is 1. The number of halogens is 2. The summed E-state index contributed by atoms with van der Waals surface area (Å²) in [4.78, 5) is 30.6. The first-order valence-corrected chi connectivity index (χ1v) is 10.1. The molecule has 30 heavy (non-hydrogen) atoms. The maximum atomic E-state index is 13.4. The van der Waals surface area contributed by atoms with Crippen molar-refractivity contribution in [2.75, 3.05) is 20.8 Å². The van der Waals surface area contributed by atoms with E-state index in [2.05, 4.69) is 9.73 Å². The lowest BCUT2D eigenvalue weighted by Gasteiger charge is -2.15. The lowest BCUT2D eigenvalue weighted by Crippen LogP contribution is -2.31. The van der Waals surface area contributed by atoms with Gasteiger partial charge in [-0.2, -0.15) is 0 Å². The Hall–Kier alpha value is -2.84. The molecule has 1 aliphatic heterocycles. The SMILES string of the molecule is COC(=O)/C=C1/SC(=Nc2ccc(F)c(Cl)c2)N(CCc2ccc(OC)cc2)C1=O. The van der Waals surface area contributed by atoms with Gasteiger partial charge in [-0.3, -0.25) is 9.69 Å². The van der Waals surface area contributed by atoms with E-state index in [1.165, 1.54) is 30.2 Å². The van der Waals surface area contributed by atoms with E-state index >= 15 is 0 Å². The number of carbonyl (C=O) groups excluding carboxylic acids is 2. The van der Waals surface area contributed by atoms with Crippen molar-refractivity contribution in [3.63, 3.8) is 0 Å². The van der Waals surface area contributed by atoms with Crippen LogP contribution in [0.2, 0.25) is 5.02 Å². The lowest BCUT2D eigenvalue weighted by molar-refractivity contribution is -0.135. The van der Waals surface area contributed by atoms with Crippen molar-refractivity contribution >= 4 is 46.1 Å². The summed E-state index contributed by atoms with van der Waals surface area (Å²) in [7, 11) is 2.83. The Morgan fingerprint density at radius 1 is 1.23 bits per heavy atom. The van der Waals surface area contributed by atoms with Gasteiger partial charge in [0.2, 0.25) is 0 Å². The number of hydrogen-bond acceptors (Lipinski definition) is 6. The normalized spacial score (nSPS) is 16.4. The van der Waals surface area contributed by atoms with Gasteiger partial charge in [0.1, 0.15) is 11.6 Å². The number of nitrogens with zero attached hydrogens (tertiary/aromatic N) is 2. The smallest absolute Gasteiger partial charge is 0.331 e. The summed E-state index contributed by atoms with van der Waals surface area (Å²) in [5.41, 5.74) is 1.40. The molecule has 3 rings (SSSR count). The Bertz CT molecular complexity index is 1020. The van der Waals surface area contributed by atoms with Crippen molar-refractivity contribution in [3.8, 4) is 5.75 Å². The Labute approximate surface area is 182 Å². The molecule has 0 aliphatic carbocycles. The number of thioether (sulfide) groups is 1. The van der Waals surface area contributed by atoms with Gasteiger partial charge in [-0.05, 0) is 54.1 Å². The molecule has 0 N–H and O–H groups in total. The van der Waals surface area contributed by atoms with E-state index in [1.807, 2.05) is 24.3 Å². The Kier molecular flexibility index (Phi) is 7.12. The molecular weight excluding hydrogens is 431 g/mol. The third-order valence-corrected chi connectivity index (χ3v) is 5.55. The minimum Gasteiger partial charge on any atom is -0.497 e. The Morgan fingerprint density at radius 3 is 2.60 bits per heavy atom. The second-order valence-corrected chi connectivity index (χ2v) is 7.60. The van der Waals surface area contributed by atoms with Crippen LogP contribution in [0.1, 0.15) is 5.56 Å². The van der Waals surface area contributed by atoms with E-state index in [0.717, 1.165) is 29.2 Å². The van der Waals surface area contributed by atoms with Gasteiger partial charge in [-0.25, -0.2) is 14.2 Å². The summed E-state index contributed by atoms with van der Waals surface area (Å²) >= 11 is 6.88. The van der Waals surface area contributed by atoms with Gasteiger partial charge in [-0.15, -0.1) is 0 Å². The van der Waals surface area contributed by atoms with Crippen molar-refractivity contribution in [1.82, 2.24) is 4.90 Å². The molecule has 0 saturated carbocycles. The molecule has 1 aliphatic rings. The highest BCUT2D eigenvalue weighted by Gasteiger charge is 2.34. The largest absolute Gasteiger partial charge is 0.497 e. The topological polar surface area (TPSA) is 68.2 Å². The fourth-order valence-electron chi connectivity index (χ4n) is 2.65. The number of rotatable bonds is 6. The van der Waals surface area contributed by atoms with Gasteiger partial charge in [-0.1, -0.05) is 23.7 Å². The van der Waals surface area contributed by atoms with Crippen LogP contribution in [0.5, 0.6) is 5.75 Å². The molecule has 1 heterocycles. The highest BCUT2D eigenvalue weighted by atomic mass is 35.5. The van der Waals surface area contributed by atoms with E-state index in [0.29, 0.717) is 23.8 Å². The summed E-state index contributed by atoms with van der Waals surface area (Å²) in [6.45, 7) is 0.338. The van der Waals surface area contributed by atoms with Gasteiger partial charge in [0.05, 0.1) is 29.8 Å². The number of hydrogen-bond donors (Lipinski definition) is 0. The van der Waals surface area contributed by atoms with Gasteiger partial charge >= 0.3 is 5.97 Å². The summed E-state index contributed by atoms with van der Waals surface area (Å²) in [6, 6.07) is 11.5. The number of methoxy groups -OCH3 is 2. The molecule has 2 aromatic carbocycles. The van der Waals surface area contributed by atoms with Crippen LogP contribution in [0.25, 0.3) is 0 Å². The minimum atomic E-state index is -0.632. The van der Waals surface area contributed by atoms with Crippen LogP contribution in [0.4, 0.5) is 10.1 Å². The standard InChI is InChI=1S/C21H18ClFN2O4S/c1-28-15-6-3-13(4-7-15)9-10-25-20(27)18(12-19(26)29-2)30-21(25)24-14-5-8-17(23)16(22)11-14/h3-8,11-12H,9-10H2,1-2H3/b18-12+,24-21?. The molecule has 1 fully saturated rings. The van der Waals surface area contributed by atoms with Gasteiger partial charge < -0.3 is 9.47 Å².